The summed E-state index contributed by atoms with van der Waals surface area (Å²) < 4.78 is 6.64. The molecule has 0 aliphatic heterocycles. The molecule has 0 saturated carbocycles. The van der Waals surface area contributed by atoms with E-state index in [2.05, 4.69) is 10.4 Å². The summed E-state index contributed by atoms with van der Waals surface area (Å²) >= 11 is 0. The van der Waals surface area contributed by atoms with Crippen molar-refractivity contribution in [3.63, 3.8) is 0 Å². The average Bonchev–Trinajstić information content (AvgIpc) is 2.75. The molecule has 3 N–H and O–H groups in total. The van der Waals surface area contributed by atoms with Crippen LogP contribution in [-0.4, -0.2) is 29.0 Å². The normalized spacial score (nSPS) is 12.5. The fourth-order valence-corrected chi connectivity index (χ4v) is 1.41. The van der Waals surface area contributed by atoms with E-state index in [1.54, 1.807) is 13.1 Å². The Morgan fingerprint density at radius 1 is 1.65 bits per heavy atom. The topological polar surface area (TPSA) is 82.2 Å². The molecule has 1 amide bonds. The molecule has 1 unspecified atom stereocenters. The molecule has 17 heavy (non-hydrogen) atoms. The summed E-state index contributed by atoms with van der Waals surface area (Å²) in [5, 5.41) is 6.90. The number of ether oxygens (including phenoxy) is 1. The number of nitrogens with two attached hydrogens (primary N) is 1. The molecule has 0 fully saturated rings. The molecule has 1 rings (SSSR count). The number of carbonyl (C=O) groups is 1. The van der Waals surface area contributed by atoms with Crippen molar-refractivity contribution in [1.82, 2.24) is 15.1 Å². The van der Waals surface area contributed by atoms with Gasteiger partial charge < -0.3 is 15.8 Å². The highest BCUT2D eigenvalue weighted by molar-refractivity contribution is 5.67. The molecule has 1 heterocycles. The van der Waals surface area contributed by atoms with Crippen LogP contribution in [0.15, 0.2) is 12.4 Å². The molecule has 0 aliphatic carbocycles. The number of amides is 1. The number of nitrogens with one attached hydrogen (secondary N) is 1. The van der Waals surface area contributed by atoms with Crippen LogP contribution < -0.4 is 11.1 Å². The molecular formula is C11H20N4O2. The smallest absolute Gasteiger partial charge is 0.407 e. The van der Waals surface area contributed by atoms with Gasteiger partial charge in [-0.25, -0.2) is 4.79 Å². The molecule has 6 nitrogen and oxygen atoms in total. The minimum Gasteiger partial charge on any atom is -0.450 e. The van der Waals surface area contributed by atoms with Crippen molar-refractivity contribution in [3.05, 3.63) is 18.0 Å². The second kappa shape index (κ2) is 6.24. The zero-order chi connectivity index (χ0) is 12.8. The summed E-state index contributed by atoms with van der Waals surface area (Å²) in [7, 11) is 0. The van der Waals surface area contributed by atoms with Gasteiger partial charge in [-0.15, -0.1) is 0 Å². The standard InChI is InChI=1S/C11H20N4O2/c1-4-17-11(16)14-10(5-12)9-6-13-15(7-9)8(2)3/h6-8,10H,4-5,12H2,1-3H3,(H,14,16). The summed E-state index contributed by atoms with van der Waals surface area (Å²) in [5.74, 6) is 0. The number of hydrogen-bond acceptors (Lipinski definition) is 4. The predicted octanol–water partition coefficient (Wildman–Crippen LogP) is 1.21. The van der Waals surface area contributed by atoms with Crippen LogP contribution in [-0.2, 0) is 4.74 Å². The Hall–Kier alpha value is -1.56. The summed E-state index contributed by atoms with van der Waals surface area (Å²) in [4.78, 5) is 11.3. The highest BCUT2D eigenvalue weighted by atomic mass is 16.5. The van der Waals surface area contributed by atoms with E-state index in [9.17, 15) is 4.79 Å². The second-order valence-electron chi connectivity index (χ2n) is 4.00. The van der Waals surface area contributed by atoms with Crippen LogP contribution in [0.25, 0.3) is 0 Å². The third-order valence-electron chi connectivity index (χ3n) is 2.36. The lowest BCUT2D eigenvalue weighted by atomic mass is 10.1. The van der Waals surface area contributed by atoms with E-state index in [0.717, 1.165) is 5.56 Å². The number of carbonyl (C=O) groups excluding carboxylic acids is 1. The minimum atomic E-state index is -0.458. The maximum absolute atomic E-state index is 11.3. The van der Waals surface area contributed by atoms with Gasteiger partial charge in [-0.3, -0.25) is 4.68 Å². The van der Waals surface area contributed by atoms with Crippen LogP contribution >= 0.6 is 0 Å². The first-order valence-electron chi connectivity index (χ1n) is 5.75. The van der Waals surface area contributed by atoms with Gasteiger partial charge in [0.15, 0.2) is 0 Å². The molecule has 1 aromatic rings. The third kappa shape index (κ3) is 3.74. The predicted molar refractivity (Wildman–Crippen MR) is 64.6 cm³/mol. The quantitative estimate of drug-likeness (QED) is 0.810. The third-order valence-corrected chi connectivity index (χ3v) is 2.36. The molecule has 0 radical (unpaired) electrons. The number of nitrogens with zero attached hydrogens (tertiary/aromatic N) is 2. The van der Waals surface area contributed by atoms with E-state index in [0.29, 0.717) is 13.2 Å². The first-order chi connectivity index (χ1) is 8.08. The maximum Gasteiger partial charge on any atom is 0.407 e. The molecule has 0 aromatic carbocycles. The second-order valence-corrected chi connectivity index (χ2v) is 4.00. The van der Waals surface area contributed by atoms with Crippen LogP contribution in [0.1, 0.15) is 38.4 Å². The fraction of sp³-hybridized carbons (Fsp3) is 0.636. The highest BCUT2D eigenvalue weighted by Crippen LogP contribution is 2.13. The molecule has 1 aromatic heterocycles. The molecule has 0 spiro atoms. The molecule has 96 valence electrons. The van der Waals surface area contributed by atoms with Crippen LogP contribution in [0.5, 0.6) is 0 Å². The zero-order valence-electron chi connectivity index (χ0n) is 10.5. The molecular weight excluding hydrogens is 220 g/mol. The van der Waals surface area contributed by atoms with Gasteiger partial charge >= 0.3 is 6.09 Å². The molecule has 0 saturated heterocycles. The van der Waals surface area contributed by atoms with E-state index in [-0.39, 0.29) is 12.1 Å². The van der Waals surface area contributed by atoms with E-state index in [1.807, 2.05) is 24.7 Å². The van der Waals surface area contributed by atoms with Crippen molar-refractivity contribution >= 4 is 6.09 Å². The van der Waals surface area contributed by atoms with Gasteiger partial charge in [0.25, 0.3) is 0 Å². The summed E-state index contributed by atoms with van der Waals surface area (Å²) in [6.07, 6.45) is 3.14. The van der Waals surface area contributed by atoms with E-state index < -0.39 is 6.09 Å². The minimum absolute atomic E-state index is 0.262. The molecule has 0 bridgehead atoms. The Kier molecular flexibility index (Phi) is 4.96. The van der Waals surface area contributed by atoms with Gasteiger partial charge in [-0.1, -0.05) is 0 Å². The Balaban J connectivity index is 2.68. The SMILES string of the molecule is CCOC(=O)NC(CN)c1cnn(C(C)C)c1. The lowest BCUT2D eigenvalue weighted by molar-refractivity contribution is 0.148. The molecule has 6 heteroatoms. The Labute approximate surface area is 101 Å². The van der Waals surface area contributed by atoms with Gasteiger partial charge in [0.1, 0.15) is 0 Å². The van der Waals surface area contributed by atoms with E-state index in [1.165, 1.54) is 0 Å². The monoisotopic (exact) mass is 240 g/mol. The first kappa shape index (κ1) is 13.5. The van der Waals surface area contributed by atoms with Gasteiger partial charge in [-0.2, -0.15) is 5.10 Å². The summed E-state index contributed by atoms with van der Waals surface area (Å²) in [6, 6.07) is 0.0197. The largest absolute Gasteiger partial charge is 0.450 e. The van der Waals surface area contributed by atoms with E-state index in [4.69, 9.17) is 10.5 Å². The summed E-state index contributed by atoms with van der Waals surface area (Å²) in [6.45, 7) is 6.48. The summed E-state index contributed by atoms with van der Waals surface area (Å²) in [5.41, 5.74) is 6.51. The fourth-order valence-electron chi connectivity index (χ4n) is 1.41. The first-order valence-corrected chi connectivity index (χ1v) is 5.75. The lowest BCUT2D eigenvalue weighted by Crippen LogP contribution is -2.33. The van der Waals surface area contributed by atoms with Gasteiger partial charge in [-0.05, 0) is 20.8 Å². The lowest BCUT2D eigenvalue weighted by Gasteiger charge is -2.14. The zero-order valence-corrected chi connectivity index (χ0v) is 10.5. The van der Waals surface area contributed by atoms with Crippen molar-refractivity contribution < 1.29 is 9.53 Å². The molecule has 1 atom stereocenters. The van der Waals surface area contributed by atoms with Crippen molar-refractivity contribution in [1.29, 1.82) is 0 Å². The van der Waals surface area contributed by atoms with Crippen molar-refractivity contribution in [2.75, 3.05) is 13.2 Å². The Bertz CT molecular complexity index is 362. The van der Waals surface area contributed by atoms with Crippen LogP contribution in [0, 0.1) is 0 Å². The van der Waals surface area contributed by atoms with Crippen molar-refractivity contribution in [3.8, 4) is 0 Å². The van der Waals surface area contributed by atoms with Crippen molar-refractivity contribution in [2.45, 2.75) is 32.9 Å². The number of rotatable bonds is 5. The number of hydrogen-bond donors (Lipinski definition) is 2. The van der Waals surface area contributed by atoms with Gasteiger partial charge in [0, 0.05) is 24.3 Å². The van der Waals surface area contributed by atoms with Crippen molar-refractivity contribution in [2.24, 2.45) is 5.73 Å². The highest BCUT2D eigenvalue weighted by Gasteiger charge is 2.15. The van der Waals surface area contributed by atoms with Crippen LogP contribution in [0.3, 0.4) is 0 Å². The number of alkyl carbamates (subject to hydrolysis) is 1. The average molecular weight is 240 g/mol. The van der Waals surface area contributed by atoms with Gasteiger partial charge in [0.05, 0.1) is 18.8 Å². The Morgan fingerprint density at radius 2 is 2.35 bits per heavy atom. The van der Waals surface area contributed by atoms with E-state index >= 15 is 0 Å². The van der Waals surface area contributed by atoms with Crippen LogP contribution in [0.2, 0.25) is 0 Å². The van der Waals surface area contributed by atoms with Crippen LogP contribution in [0.4, 0.5) is 4.79 Å². The number of aromatic nitrogens is 2. The Morgan fingerprint density at radius 3 is 2.82 bits per heavy atom. The van der Waals surface area contributed by atoms with Gasteiger partial charge in [0.2, 0.25) is 0 Å². The molecule has 0 aliphatic rings. The maximum atomic E-state index is 11.3.